The van der Waals surface area contributed by atoms with Gasteiger partial charge in [0.15, 0.2) is 0 Å². The van der Waals surface area contributed by atoms with Gasteiger partial charge in [0.1, 0.15) is 0 Å². The molecule has 0 spiro atoms. The second-order valence-electron chi connectivity index (χ2n) is 5.05. The van der Waals surface area contributed by atoms with Gasteiger partial charge in [0, 0.05) is 36.5 Å². The molecule has 0 aliphatic rings. The number of rotatable bonds is 5. The highest BCUT2D eigenvalue weighted by Crippen LogP contribution is 2.19. The molecule has 3 aromatic rings. The Morgan fingerprint density at radius 2 is 1.81 bits per heavy atom. The highest BCUT2D eigenvalue weighted by molar-refractivity contribution is 5.46. The Labute approximate surface area is 124 Å². The lowest BCUT2D eigenvalue weighted by Gasteiger charge is -2.15. The summed E-state index contributed by atoms with van der Waals surface area (Å²) in [4.78, 5) is 4.05. The van der Waals surface area contributed by atoms with E-state index in [4.69, 9.17) is 0 Å². The third-order valence-corrected chi connectivity index (χ3v) is 3.45. The van der Waals surface area contributed by atoms with Crippen molar-refractivity contribution in [3.8, 4) is 0 Å². The Kier molecular flexibility index (Phi) is 3.96. The van der Waals surface area contributed by atoms with Gasteiger partial charge in [-0.1, -0.05) is 12.1 Å². The monoisotopic (exact) mass is 278 g/mol. The topological polar surface area (TPSA) is 42.7 Å². The number of nitrogens with one attached hydrogen (secondary N) is 1. The largest absolute Gasteiger partial charge is 0.379 e. The lowest BCUT2D eigenvalue weighted by atomic mass is 10.1. The maximum absolute atomic E-state index is 4.22. The zero-order chi connectivity index (χ0) is 14.5. The second kappa shape index (κ2) is 6.22. The molecular weight excluding hydrogens is 260 g/mol. The van der Waals surface area contributed by atoms with Crippen molar-refractivity contribution in [2.75, 3.05) is 5.32 Å². The van der Waals surface area contributed by atoms with E-state index in [0.29, 0.717) is 0 Å². The second-order valence-corrected chi connectivity index (χ2v) is 5.05. The number of hydrogen-bond donors (Lipinski definition) is 1. The van der Waals surface area contributed by atoms with E-state index in [1.807, 2.05) is 41.5 Å². The van der Waals surface area contributed by atoms with Crippen molar-refractivity contribution in [3.05, 3.63) is 78.4 Å². The van der Waals surface area contributed by atoms with Gasteiger partial charge in [-0.15, -0.1) is 0 Å². The molecule has 0 fully saturated rings. The van der Waals surface area contributed by atoms with Crippen LogP contribution in [0.4, 0.5) is 5.69 Å². The number of hydrogen-bond acceptors (Lipinski definition) is 3. The van der Waals surface area contributed by atoms with E-state index in [-0.39, 0.29) is 6.04 Å². The molecule has 0 saturated heterocycles. The van der Waals surface area contributed by atoms with Gasteiger partial charge in [-0.2, -0.15) is 5.10 Å². The normalized spacial score (nSPS) is 12.0. The third-order valence-electron chi connectivity index (χ3n) is 3.45. The maximum Gasteiger partial charge on any atom is 0.0659 e. The molecule has 0 bridgehead atoms. The molecule has 2 aromatic heterocycles. The number of anilines is 1. The molecule has 0 saturated carbocycles. The minimum atomic E-state index is 0.255. The fourth-order valence-electron chi connectivity index (χ4n) is 2.27. The van der Waals surface area contributed by atoms with Crippen molar-refractivity contribution < 1.29 is 0 Å². The van der Waals surface area contributed by atoms with E-state index in [9.17, 15) is 0 Å². The van der Waals surface area contributed by atoms with E-state index in [0.717, 1.165) is 12.2 Å². The molecule has 1 atom stereocenters. The summed E-state index contributed by atoms with van der Waals surface area (Å²) in [5, 5.41) is 7.71. The van der Waals surface area contributed by atoms with E-state index in [1.165, 1.54) is 11.1 Å². The average molecular weight is 278 g/mol. The van der Waals surface area contributed by atoms with Crippen LogP contribution in [0.15, 0.2) is 67.3 Å². The highest BCUT2D eigenvalue weighted by atomic mass is 15.3. The molecule has 106 valence electrons. The van der Waals surface area contributed by atoms with E-state index in [2.05, 4.69) is 46.6 Å². The zero-order valence-electron chi connectivity index (χ0n) is 12.0. The molecular formula is C17H18N4. The minimum absolute atomic E-state index is 0.255. The number of pyridine rings is 1. The van der Waals surface area contributed by atoms with Crippen LogP contribution in [-0.2, 0) is 6.54 Å². The van der Waals surface area contributed by atoms with Gasteiger partial charge in [-0.25, -0.2) is 0 Å². The van der Waals surface area contributed by atoms with Crippen molar-refractivity contribution in [2.45, 2.75) is 19.5 Å². The van der Waals surface area contributed by atoms with Gasteiger partial charge in [-0.05, 0) is 48.4 Å². The fourth-order valence-corrected chi connectivity index (χ4v) is 2.27. The Hall–Kier alpha value is -2.62. The van der Waals surface area contributed by atoms with Crippen LogP contribution in [-0.4, -0.2) is 14.8 Å². The molecule has 21 heavy (non-hydrogen) atoms. The van der Waals surface area contributed by atoms with Crippen LogP contribution in [0.3, 0.4) is 0 Å². The summed E-state index contributed by atoms with van der Waals surface area (Å²) >= 11 is 0. The summed E-state index contributed by atoms with van der Waals surface area (Å²) in [6.07, 6.45) is 7.41. The van der Waals surface area contributed by atoms with E-state index in [1.54, 1.807) is 6.20 Å². The molecule has 1 aromatic carbocycles. The van der Waals surface area contributed by atoms with Crippen LogP contribution in [0.1, 0.15) is 24.1 Å². The quantitative estimate of drug-likeness (QED) is 0.776. The molecule has 0 aliphatic carbocycles. The van der Waals surface area contributed by atoms with Crippen molar-refractivity contribution in [1.82, 2.24) is 14.8 Å². The smallest absolute Gasteiger partial charge is 0.0659 e. The number of benzene rings is 1. The summed E-state index contributed by atoms with van der Waals surface area (Å²) in [5.41, 5.74) is 3.58. The first-order chi connectivity index (χ1) is 10.3. The Bertz CT molecular complexity index is 660. The third kappa shape index (κ3) is 3.48. The van der Waals surface area contributed by atoms with Gasteiger partial charge in [0.25, 0.3) is 0 Å². The summed E-state index contributed by atoms with van der Waals surface area (Å²) in [6.45, 7) is 2.94. The molecule has 0 radical (unpaired) electrons. The molecule has 1 N–H and O–H groups in total. The summed E-state index contributed by atoms with van der Waals surface area (Å²) in [7, 11) is 0. The lowest BCUT2D eigenvalue weighted by molar-refractivity contribution is 0.687. The molecule has 3 rings (SSSR count). The molecule has 0 amide bonds. The lowest BCUT2D eigenvalue weighted by Crippen LogP contribution is -2.06. The van der Waals surface area contributed by atoms with Gasteiger partial charge in [0.05, 0.1) is 6.54 Å². The Morgan fingerprint density at radius 3 is 2.48 bits per heavy atom. The summed E-state index contributed by atoms with van der Waals surface area (Å²) < 4.78 is 1.92. The first-order valence-corrected chi connectivity index (χ1v) is 7.04. The van der Waals surface area contributed by atoms with Gasteiger partial charge < -0.3 is 5.32 Å². The molecule has 4 heteroatoms. The van der Waals surface area contributed by atoms with Crippen LogP contribution < -0.4 is 5.32 Å². The fraction of sp³-hybridized carbons (Fsp3) is 0.176. The van der Waals surface area contributed by atoms with Crippen LogP contribution in [0.5, 0.6) is 0 Å². The predicted molar refractivity (Wildman–Crippen MR) is 84.0 cm³/mol. The van der Waals surface area contributed by atoms with Gasteiger partial charge >= 0.3 is 0 Å². The van der Waals surface area contributed by atoms with Crippen molar-refractivity contribution in [1.29, 1.82) is 0 Å². The van der Waals surface area contributed by atoms with Crippen LogP contribution in [0.25, 0.3) is 0 Å². The minimum Gasteiger partial charge on any atom is -0.379 e. The SMILES string of the molecule is CC(Nc1ccc(Cn2cccn2)cc1)c1ccncc1. The predicted octanol–water partition coefficient (Wildman–Crippen LogP) is 3.50. The van der Waals surface area contributed by atoms with Crippen molar-refractivity contribution >= 4 is 5.69 Å². The molecule has 4 nitrogen and oxygen atoms in total. The highest BCUT2D eigenvalue weighted by Gasteiger charge is 2.04. The molecule has 2 heterocycles. The maximum atomic E-state index is 4.22. The zero-order valence-corrected chi connectivity index (χ0v) is 12.0. The summed E-state index contributed by atoms with van der Waals surface area (Å²) in [6, 6.07) is 14.7. The summed E-state index contributed by atoms with van der Waals surface area (Å²) in [5.74, 6) is 0. The molecule has 0 aliphatic heterocycles. The first kappa shape index (κ1) is 13.4. The van der Waals surface area contributed by atoms with Crippen LogP contribution in [0, 0.1) is 0 Å². The number of aromatic nitrogens is 3. The van der Waals surface area contributed by atoms with Gasteiger partial charge in [0.2, 0.25) is 0 Å². The molecule has 1 unspecified atom stereocenters. The first-order valence-electron chi connectivity index (χ1n) is 7.04. The van der Waals surface area contributed by atoms with Crippen LogP contribution in [0.2, 0.25) is 0 Å². The average Bonchev–Trinajstić information content (AvgIpc) is 3.03. The van der Waals surface area contributed by atoms with Crippen LogP contribution >= 0.6 is 0 Å². The standard InChI is InChI=1S/C17H18N4/c1-14(16-7-10-18-11-8-16)20-17-5-3-15(4-6-17)13-21-12-2-9-19-21/h2-12,14,20H,13H2,1H3. The Balaban J connectivity index is 1.64. The van der Waals surface area contributed by atoms with E-state index >= 15 is 0 Å². The van der Waals surface area contributed by atoms with Crippen molar-refractivity contribution in [2.24, 2.45) is 0 Å². The van der Waals surface area contributed by atoms with Crippen molar-refractivity contribution in [3.63, 3.8) is 0 Å². The van der Waals surface area contributed by atoms with Gasteiger partial charge in [-0.3, -0.25) is 9.67 Å². The number of nitrogens with zero attached hydrogens (tertiary/aromatic N) is 3. The Morgan fingerprint density at radius 1 is 1.05 bits per heavy atom. The van der Waals surface area contributed by atoms with E-state index < -0.39 is 0 Å².